The first-order valence-corrected chi connectivity index (χ1v) is 12.1. The zero-order valence-corrected chi connectivity index (χ0v) is 20.5. The van der Waals surface area contributed by atoms with Crippen molar-refractivity contribution >= 4 is 46.0 Å². The number of carbonyl (C=O) groups is 1. The van der Waals surface area contributed by atoms with E-state index >= 15 is 0 Å². The van der Waals surface area contributed by atoms with Crippen LogP contribution >= 0.6 is 24.0 Å². The lowest BCUT2D eigenvalue weighted by molar-refractivity contribution is -0.384. The minimum atomic E-state index is -0.438. The Hall–Kier alpha value is -3.69. The zero-order valence-electron chi connectivity index (χ0n) is 18.9. The lowest BCUT2D eigenvalue weighted by atomic mass is 10.1. The Morgan fingerprint density at radius 2 is 1.74 bits per heavy atom. The van der Waals surface area contributed by atoms with Gasteiger partial charge in [0.15, 0.2) is 11.5 Å². The van der Waals surface area contributed by atoms with Crippen LogP contribution in [0.15, 0.2) is 77.7 Å². The lowest BCUT2D eigenvalue weighted by Gasteiger charge is -2.14. The van der Waals surface area contributed by atoms with Crippen LogP contribution in [0.3, 0.4) is 0 Å². The molecule has 1 fully saturated rings. The maximum Gasteiger partial charge on any atom is 0.269 e. The molecule has 0 N–H and O–H groups in total. The van der Waals surface area contributed by atoms with E-state index in [-0.39, 0.29) is 18.2 Å². The summed E-state index contributed by atoms with van der Waals surface area (Å²) in [4.78, 5) is 25.5. The van der Waals surface area contributed by atoms with E-state index in [4.69, 9.17) is 21.7 Å². The van der Waals surface area contributed by atoms with Gasteiger partial charge in [0.05, 0.1) is 23.0 Å². The van der Waals surface area contributed by atoms with E-state index in [1.165, 1.54) is 23.9 Å². The molecule has 0 saturated carbocycles. The first-order chi connectivity index (χ1) is 16.9. The molecular formula is C26H22N2O5S2. The number of non-ortho nitro benzene ring substituents is 1. The number of benzene rings is 3. The lowest BCUT2D eigenvalue weighted by Crippen LogP contribution is -2.27. The summed E-state index contributed by atoms with van der Waals surface area (Å²) in [5.41, 5.74) is 2.63. The van der Waals surface area contributed by atoms with Gasteiger partial charge in [0.2, 0.25) is 0 Å². The number of hydrogen-bond donors (Lipinski definition) is 0. The van der Waals surface area contributed by atoms with Crippen molar-refractivity contribution in [1.29, 1.82) is 0 Å². The van der Waals surface area contributed by atoms with Crippen LogP contribution < -0.4 is 9.47 Å². The van der Waals surface area contributed by atoms with Gasteiger partial charge in [-0.3, -0.25) is 19.8 Å². The van der Waals surface area contributed by atoms with Crippen molar-refractivity contribution in [2.45, 2.75) is 20.1 Å². The molecule has 0 aromatic heterocycles. The maximum atomic E-state index is 13.0. The fourth-order valence-electron chi connectivity index (χ4n) is 3.43. The van der Waals surface area contributed by atoms with Crippen LogP contribution in [-0.2, 0) is 17.9 Å². The second-order valence-electron chi connectivity index (χ2n) is 7.60. The van der Waals surface area contributed by atoms with Gasteiger partial charge in [0, 0.05) is 12.1 Å². The number of thiocarbonyl (C=S) groups is 1. The van der Waals surface area contributed by atoms with E-state index in [0.29, 0.717) is 33.9 Å². The molecule has 35 heavy (non-hydrogen) atoms. The van der Waals surface area contributed by atoms with Crippen molar-refractivity contribution in [3.05, 3.63) is 105 Å². The number of nitro benzene ring substituents is 1. The van der Waals surface area contributed by atoms with Gasteiger partial charge in [-0.1, -0.05) is 60.4 Å². The van der Waals surface area contributed by atoms with Crippen LogP contribution in [0.25, 0.3) is 6.08 Å². The fourth-order valence-corrected chi connectivity index (χ4v) is 4.69. The molecule has 1 heterocycles. The van der Waals surface area contributed by atoms with E-state index in [0.717, 1.165) is 16.7 Å². The number of rotatable bonds is 9. The first kappa shape index (κ1) is 24.4. The molecule has 3 aromatic rings. The van der Waals surface area contributed by atoms with Crippen molar-refractivity contribution < 1.29 is 19.2 Å². The highest BCUT2D eigenvalue weighted by molar-refractivity contribution is 8.26. The van der Waals surface area contributed by atoms with Crippen LogP contribution in [0.2, 0.25) is 0 Å². The monoisotopic (exact) mass is 506 g/mol. The molecule has 0 atom stereocenters. The van der Waals surface area contributed by atoms with Gasteiger partial charge >= 0.3 is 0 Å². The van der Waals surface area contributed by atoms with E-state index in [2.05, 4.69) is 0 Å². The Morgan fingerprint density at radius 3 is 2.43 bits per heavy atom. The van der Waals surface area contributed by atoms with E-state index in [9.17, 15) is 14.9 Å². The second-order valence-corrected chi connectivity index (χ2v) is 9.28. The van der Waals surface area contributed by atoms with Crippen LogP contribution in [0.5, 0.6) is 11.5 Å². The van der Waals surface area contributed by atoms with E-state index in [1.807, 2.05) is 49.4 Å². The van der Waals surface area contributed by atoms with Crippen LogP contribution in [0, 0.1) is 10.1 Å². The van der Waals surface area contributed by atoms with Gasteiger partial charge in [0.1, 0.15) is 10.9 Å². The number of carbonyl (C=O) groups excluding carboxylic acids is 1. The number of ether oxygens (including phenoxy) is 2. The average Bonchev–Trinajstić information content (AvgIpc) is 3.12. The van der Waals surface area contributed by atoms with E-state index < -0.39 is 4.92 Å². The summed E-state index contributed by atoms with van der Waals surface area (Å²) in [6.45, 7) is 2.98. The third-order valence-corrected chi connectivity index (χ3v) is 6.54. The largest absolute Gasteiger partial charge is 0.490 e. The molecule has 0 bridgehead atoms. The molecule has 1 aliphatic rings. The summed E-state index contributed by atoms with van der Waals surface area (Å²) in [6, 6.07) is 21.4. The molecule has 1 amide bonds. The Bertz CT molecular complexity index is 1280. The van der Waals surface area contributed by atoms with Crippen LogP contribution in [-0.4, -0.2) is 26.7 Å². The number of thioether (sulfide) groups is 1. The summed E-state index contributed by atoms with van der Waals surface area (Å²) < 4.78 is 12.2. The highest BCUT2D eigenvalue weighted by atomic mass is 32.2. The summed E-state index contributed by atoms with van der Waals surface area (Å²) in [5, 5.41) is 10.8. The van der Waals surface area contributed by atoms with E-state index in [1.54, 1.807) is 29.2 Å². The third kappa shape index (κ3) is 6.06. The number of amides is 1. The first-order valence-electron chi connectivity index (χ1n) is 10.9. The van der Waals surface area contributed by atoms with Crippen LogP contribution in [0.1, 0.15) is 23.6 Å². The quantitative estimate of drug-likeness (QED) is 0.153. The third-order valence-electron chi connectivity index (χ3n) is 5.16. The van der Waals surface area contributed by atoms with Crippen molar-refractivity contribution in [2.75, 3.05) is 6.61 Å². The molecule has 0 unspecified atom stereocenters. The van der Waals surface area contributed by atoms with Crippen molar-refractivity contribution in [3.8, 4) is 11.5 Å². The molecule has 3 aromatic carbocycles. The summed E-state index contributed by atoms with van der Waals surface area (Å²) >= 11 is 6.73. The number of hydrogen-bond acceptors (Lipinski definition) is 7. The van der Waals surface area contributed by atoms with Gasteiger partial charge in [-0.2, -0.15) is 0 Å². The number of nitrogens with zero attached hydrogens (tertiary/aromatic N) is 2. The standard InChI is InChI=1S/C26H22N2O5S2/c1-2-32-23-14-20(10-13-22(23)33-17-19-8-11-21(12-9-19)28(30)31)15-24-25(29)27(26(34)35-24)16-18-6-4-3-5-7-18/h3-15H,2,16-17H2,1H3/b24-15-. The maximum absolute atomic E-state index is 13.0. The Balaban J connectivity index is 1.48. The van der Waals surface area contributed by atoms with Crippen molar-refractivity contribution in [2.24, 2.45) is 0 Å². The molecular weight excluding hydrogens is 484 g/mol. The molecule has 1 saturated heterocycles. The van der Waals surface area contributed by atoms with Gasteiger partial charge in [-0.15, -0.1) is 0 Å². The van der Waals surface area contributed by atoms with Gasteiger partial charge in [-0.05, 0) is 54.0 Å². The Kier molecular flexibility index (Phi) is 7.79. The smallest absolute Gasteiger partial charge is 0.269 e. The predicted octanol–water partition coefficient (Wildman–Crippen LogP) is 5.97. The SMILES string of the molecule is CCOc1cc(/C=C2\SC(=S)N(Cc3ccccc3)C2=O)ccc1OCc1ccc([N+](=O)[O-])cc1. The zero-order chi connectivity index (χ0) is 24.8. The Morgan fingerprint density at radius 1 is 1.00 bits per heavy atom. The van der Waals surface area contributed by atoms with Gasteiger partial charge in [0.25, 0.3) is 11.6 Å². The molecule has 7 nitrogen and oxygen atoms in total. The minimum absolute atomic E-state index is 0.0299. The minimum Gasteiger partial charge on any atom is -0.490 e. The normalized spacial score (nSPS) is 14.4. The van der Waals surface area contributed by atoms with Gasteiger partial charge in [-0.25, -0.2) is 0 Å². The molecule has 0 spiro atoms. The highest BCUT2D eigenvalue weighted by Gasteiger charge is 2.32. The van der Waals surface area contributed by atoms with Crippen molar-refractivity contribution in [1.82, 2.24) is 4.90 Å². The molecule has 178 valence electrons. The van der Waals surface area contributed by atoms with Crippen molar-refractivity contribution in [3.63, 3.8) is 0 Å². The Labute approximate surface area is 212 Å². The summed E-state index contributed by atoms with van der Waals surface area (Å²) in [7, 11) is 0. The average molecular weight is 507 g/mol. The predicted molar refractivity (Wildman–Crippen MR) is 140 cm³/mol. The van der Waals surface area contributed by atoms with Crippen LogP contribution in [0.4, 0.5) is 5.69 Å². The molecule has 1 aliphatic heterocycles. The molecule has 0 aliphatic carbocycles. The summed E-state index contributed by atoms with van der Waals surface area (Å²) in [5.74, 6) is 0.960. The second kappa shape index (κ2) is 11.2. The number of nitro groups is 1. The summed E-state index contributed by atoms with van der Waals surface area (Å²) in [6.07, 6.45) is 1.80. The molecule has 0 radical (unpaired) electrons. The molecule has 4 rings (SSSR count). The molecule has 9 heteroatoms. The topological polar surface area (TPSA) is 81.9 Å². The van der Waals surface area contributed by atoms with Gasteiger partial charge < -0.3 is 9.47 Å². The highest BCUT2D eigenvalue weighted by Crippen LogP contribution is 2.36. The fraction of sp³-hybridized carbons (Fsp3) is 0.154.